The van der Waals surface area contributed by atoms with Gasteiger partial charge in [-0.25, -0.2) is 9.97 Å². The lowest BCUT2D eigenvalue weighted by Gasteiger charge is -2.09. The van der Waals surface area contributed by atoms with Crippen LogP contribution in [0.25, 0.3) is 0 Å². The Morgan fingerprint density at radius 1 is 1.33 bits per heavy atom. The summed E-state index contributed by atoms with van der Waals surface area (Å²) in [6, 6.07) is 11.2. The van der Waals surface area contributed by atoms with Gasteiger partial charge in [0.05, 0.1) is 11.6 Å². The average molecular weight is 283 g/mol. The number of anilines is 2. The first-order valence-corrected chi connectivity index (χ1v) is 6.65. The van der Waals surface area contributed by atoms with Crippen LogP contribution in [0.1, 0.15) is 23.9 Å². The van der Waals surface area contributed by atoms with E-state index < -0.39 is 0 Å². The Labute approximate surface area is 123 Å². The Morgan fingerprint density at radius 2 is 2.19 bits per heavy atom. The van der Waals surface area contributed by atoms with Crippen LogP contribution < -0.4 is 11.1 Å². The Hall–Kier alpha value is -2.65. The molecule has 0 bridgehead atoms. The maximum Gasteiger partial charge on any atom is 0.158 e. The highest BCUT2D eigenvalue weighted by atomic mass is 16.5. The zero-order chi connectivity index (χ0) is 15.1. The second kappa shape index (κ2) is 7.22. The van der Waals surface area contributed by atoms with E-state index in [1.165, 1.54) is 0 Å². The van der Waals surface area contributed by atoms with Crippen molar-refractivity contribution < 1.29 is 4.74 Å². The fraction of sp³-hybridized carbons (Fsp3) is 0.267. The van der Waals surface area contributed by atoms with Gasteiger partial charge in [-0.3, -0.25) is 0 Å². The molecule has 2 rings (SSSR count). The molecule has 2 aromatic rings. The number of aromatic nitrogens is 2. The summed E-state index contributed by atoms with van der Waals surface area (Å²) in [5.74, 6) is 1.58. The molecule has 0 saturated heterocycles. The SMILES string of the molecule is CCOCc1nc(N)cc(NCc2cccc(C#N)c2)n1. The number of hydrogen-bond donors (Lipinski definition) is 2. The van der Waals surface area contributed by atoms with Crippen LogP contribution in [0.3, 0.4) is 0 Å². The van der Waals surface area contributed by atoms with E-state index in [1.807, 2.05) is 25.1 Å². The Balaban J connectivity index is 2.05. The largest absolute Gasteiger partial charge is 0.384 e. The molecule has 0 aliphatic carbocycles. The van der Waals surface area contributed by atoms with Crippen LogP contribution in [-0.2, 0) is 17.9 Å². The van der Waals surface area contributed by atoms with E-state index in [0.29, 0.717) is 42.8 Å². The highest BCUT2D eigenvalue weighted by Crippen LogP contribution is 2.12. The average Bonchev–Trinajstić information content (AvgIpc) is 2.50. The monoisotopic (exact) mass is 283 g/mol. The number of hydrogen-bond acceptors (Lipinski definition) is 6. The van der Waals surface area contributed by atoms with E-state index in [4.69, 9.17) is 15.7 Å². The minimum Gasteiger partial charge on any atom is -0.384 e. The maximum absolute atomic E-state index is 8.88. The van der Waals surface area contributed by atoms with Gasteiger partial charge in [-0.15, -0.1) is 0 Å². The van der Waals surface area contributed by atoms with Gasteiger partial charge < -0.3 is 15.8 Å². The minimum atomic E-state index is 0.333. The lowest BCUT2D eigenvalue weighted by atomic mass is 10.1. The van der Waals surface area contributed by atoms with E-state index in [-0.39, 0.29) is 0 Å². The molecule has 108 valence electrons. The van der Waals surface area contributed by atoms with Crippen molar-refractivity contribution in [1.29, 1.82) is 5.26 Å². The molecule has 1 heterocycles. The lowest BCUT2D eigenvalue weighted by molar-refractivity contribution is 0.128. The highest BCUT2D eigenvalue weighted by molar-refractivity contribution is 5.45. The summed E-state index contributed by atoms with van der Waals surface area (Å²) < 4.78 is 5.28. The van der Waals surface area contributed by atoms with E-state index in [0.717, 1.165) is 5.56 Å². The standard InChI is InChI=1S/C15H17N5O/c1-2-21-10-15-19-13(17)7-14(20-15)18-9-12-5-3-4-11(6-12)8-16/h3-7H,2,9-10H2,1H3,(H3,17,18,19,20). The molecule has 0 radical (unpaired) electrons. The molecule has 0 fully saturated rings. The molecule has 21 heavy (non-hydrogen) atoms. The van der Waals surface area contributed by atoms with E-state index in [9.17, 15) is 0 Å². The number of nitrogens with two attached hydrogens (primary N) is 1. The fourth-order valence-electron chi connectivity index (χ4n) is 1.81. The van der Waals surface area contributed by atoms with Crippen LogP contribution in [0.15, 0.2) is 30.3 Å². The third-order valence-corrected chi connectivity index (χ3v) is 2.76. The van der Waals surface area contributed by atoms with Crippen LogP contribution >= 0.6 is 0 Å². The second-order valence-corrected chi connectivity index (χ2v) is 4.40. The molecule has 6 nitrogen and oxygen atoms in total. The first-order chi connectivity index (χ1) is 10.2. The van der Waals surface area contributed by atoms with E-state index in [1.54, 1.807) is 12.1 Å². The lowest BCUT2D eigenvalue weighted by Crippen LogP contribution is -2.07. The topological polar surface area (TPSA) is 96.9 Å². The van der Waals surface area contributed by atoms with Gasteiger partial charge in [-0.1, -0.05) is 12.1 Å². The molecule has 0 amide bonds. The summed E-state index contributed by atoms with van der Waals surface area (Å²) in [6.45, 7) is 3.40. The fourth-order valence-corrected chi connectivity index (χ4v) is 1.81. The molecule has 6 heteroatoms. The van der Waals surface area contributed by atoms with Crippen LogP contribution in [0.4, 0.5) is 11.6 Å². The van der Waals surface area contributed by atoms with Gasteiger partial charge in [0.25, 0.3) is 0 Å². The van der Waals surface area contributed by atoms with Gasteiger partial charge in [0.2, 0.25) is 0 Å². The predicted octanol–water partition coefficient (Wildman–Crippen LogP) is 2.08. The van der Waals surface area contributed by atoms with Crippen molar-refractivity contribution in [2.75, 3.05) is 17.7 Å². The number of ether oxygens (including phenoxy) is 1. The summed E-state index contributed by atoms with van der Waals surface area (Å²) >= 11 is 0. The number of rotatable bonds is 6. The van der Waals surface area contributed by atoms with Gasteiger partial charge in [0.15, 0.2) is 5.82 Å². The Kier molecular flexibility index (Phi) is 5.07. The number of nitrogens with zero attached hydrogens (tertiary/aromatic N) is 3. The van der Waals surface area contributed by atoms with Gasteiger partial charge in [-0.05, 0) is 24.6 Å². The summed E-state index contributed by atoms with van der Waals surface area (Å²) in [4.78, 5) is 8.45. The smallest absolute Gasteiger partial charge is 0.158 e. The normalized spacial score (nSPS) is 10.1. The van der Waals surface area contributed by atoms with Crippen molar-refractivity contribution in [2.24, 2.45) is 0 Å². The predicted molar refractivity (Wildman–Crippen MR) is 80.3 cm³/mol. The molecule has 0 spiro atoms. The summed E-state index contributed by atoms with van der Waals surface area (Å²) in [5, 5.41) is 12.1. The molecule has 0 aliphatic rings. The van der Waals surface area contributed by atoms with Crippen molar-refractivity contribution in [3.05, 3.63) is 47.3 Å². The van der Waals surface area contributed by atoms with Crippen molar-refractivity contribution in [2.45, 2.75) is 20.1 Å². The van der Waals surface area contributed by atoms with Gasteiger partial charge >= 0.3 is 0 Å². The zero-order valence-corrected chi connectivity index (χ0v) is 11.8. The Bertz CT molecular complexity index is 651. The first kappa shape index (κ1) is 14.8. The quantitative estimate of drug-likeness (QED) is 0.842. The Morgan fingerprint density at radius 3 is 2.95 bits per heavy atom. The van der Waals surface area contributed by atoms with Crippen molar-refractivity contribution in [1.82, 2.24) is 9.97 Å². The van der Waals surface area contributed by atoms with E-state index in [2.05, 4.69) is 21.4 Å². The summed E-state index contributed by atoms with van der Waals surface area (Å²) in [6.07, 6.45) is 0. The minimum absolute atomic E-state index is 0.333. The molecular weight excluding hydrogens is 266 g/mol. The van der Waals surface area contributed by atoms with E-state index >= 15 is 0 Å². The number of nitrogens with one attached hydrogen (secondary N) is 1. The molecule has 1 aromatic heterocycles. The number of benzene rings is 1. The van der Waals surface area contributed by atoms with Crippen LogP contribution in [0.2, 0.25) is 0 Å². The van der Waals surface area contributed by atoms with Gasteiger partial charge in [0, 0.05) is 19.2 Å². The summed E-state index contributed by atoms with van der Waals surface area (Å²) in [7, 11) is 0. The van der Waals surface area contributed by atoms with Crippen molar-refractivity contribution in [3.63, 3.8) is 0 Å². The van der Waals surface area contributed by atoms with Crippen LogP contribution in [0.5, 0.6) is 0 Å². The number of nitrogen functional groups attached to an aromatic ring is 1. The third-order valence-electron chi connectivity index (χ3n) is 2.76. The molecule has 0 unspecified atom stereocenters. The molecule has 1 aromatic carbocycles. The first-order valence-electron chi connectivity index (χ1n) is 6.65. The van der Waals surface area contributed by atoms with Gasteiger partial charge in [-0.2, -0.15) is 5.26 Å². The molecule has 0 saturated carbocycles. The maximum atomic E-state index is 8.88. The van der Waals surface area contributed by atoms with Crippen LogP contribution in [0, 0.1) is 11.3 Å². The second-order valence-electron chi connectivity index (χ2n) is 4.40. The van der Waals surface area contributed by atoms with Gasteiger partial charge in [0.1, 0.15) is 18.2 Å². The molecular formula is C15H17N5O. The van der Waals surface area contributed by atoms with Crippen LogP contribution in [-0.4, -0.2) is 16.6 Å². The van der Waals surface area contributed by atoms with Crippen molar-refractivity contribution >= 4 is 11.6 Å². The van der Waals surface area contributed by atoms with Crippen molar-refractivity contribution in [3.8, 4) is 6.07 Å². The number of nitriles is 1. The zero-order valence-electron chi connectivity index (χ0n) is 11.8. The third kappa shape index (κ3) is 4.44. The highest BCUT2D eigenvalue weighted by Gasteiger charge is 2.03. The molecule has 0 aliphatic heterocycles. The molecule has 3 N–H and O–H groups in total. The summed E-state index contributed by atoms with van der Waals surface area (Å²) in [5.41, 5.74) is 7.39. The molecule has 0 atom stereocenters.